The lowest BCUT2D eigenvalue weighted by atomic mass is 10.1. The van der Waals surface area contributed by atoms with E-state index in [1.54, 1.807) is 0 Å². The van der Waals surface area contributed by atoms with E-state index in [4.69, 9.17) is 0 Å². The first-order valence-corrected chi connectivity index (χ1v) is 5.26. The van der Waals surface area contributed by atoms with Crippen LogP contribution in [0.2, 0.25) is 0 Å². The van der Waals surface area contributed by atoms with Gasteiger partial charge in [0.1, 0.15) is 0 Å². The van der Waals surface area contributed by atoms with Crippen LogP contribution < -0.4 is 4.74 Å². The molecule has 6 heteroatoms. The van der Waals surface area contributed by atoms with Crippen LogP contribution in [0.4, 0.5) is 13.2 Å². The fourth-order valence-electron chi connectivity index (χ4n) is 1.13. The lowest BCUT2D eigenvalue weighted by Gasteiger charge is -2.11. The second-order valence-electron chi connectivity index (χ2n) is 2.98. The molecule has 88 valence electrons. The van der Waals surface area contributed by atoms with Crippen molar-refractivity contribution in [2.75, 3.05) is 0 Å². The highest BCUT2D eigenvalue weighted by Crippen LogP contribution is 2.26. The molecule has 1 atom stereocenters. The maximum absolute atomic E-state index is 13.2. The van der Waals surface area contributed by atoms with E-state index < -0.39 is 28.8 Å². The summed E-state index contributed by atoms with van der Waals surface area (Å²) in [5.74, 6) is -2.22. The van der Waals surface area contributed by atoms with E-state index in [-0.39, 0.29) is 5.56 Å². The van der Waals surface area contributed by atoms with Gasteiger partial charge in [-0.05, 0) is 19.1 Å². The topological polar surface area (TPSA) is 26.3 Å². The average Bonchev–Trinajstić information content (AvgIpc) is 2.19. The number of carbonyl (C=O) groups is 1. The van der Waals surface area contributed by atoms with Crippen molar-refractivity contribution >= 4 is 21.7 Å². The number of Topliss-reactive ketones (excluding diaryl/α,β-unsaturated/α-hetero) is 1. The van der Waals surface area contributed by atoms with Crippen LogP contribution in [-0.2, 0) is 0 Å². The van der Waals surface area contributed by atoms with E-state index in [1.165, 1.54) is 19.1 Å². The predicted molar refractivity (Wildman–Crippen MR) is 55.8 cm³/mol. The van der Waals surface area contributed by atoms with Gasteiger partial charge < -0.3 is 4.74 Å². The number of halogens is 4. The van der Waals surface area contributed by atoms with Crippen LogP contribution in [0, 0.1) is 5.82 Å². The standard InChI is InChI=1S/C10H8BrF3O2/c1-5(11)8(15)6-3-2-4-7(12)9(6)16-10(13)14/h2-5,10H,1H3. The first kappa shape index (κ1) is 13.0. The Bertz CT molecular complexity index is 394. The number of rotatable bonds is 4. The average molecular weight is 297 g/mol. The number of para-hydroxylation sites is 1. The minimum absolute atomic E-state index is 0.204. The summed E-state index contributed by atoms with van der Waals surface area (Å²) in [6, 6.07) is 3.45. The highest BCUT2D eigenvalue weighted by molar-refractivity contribution is 9.10. The second-order valence-corrected chi connectivity index (χ2v) is 4.35. The Hall–Kier alpha value is -1.04. The monoisotopic (exact) mass is 296 g/mol. The Balaban J connectivity index is 3.17. The summed E-state index contributed by atoms with van der Waals surface area (Å²) in [5.41, 5.74) is -0.204. The van der Waals surface area contributed by atoms with Crippen LogP contribution in [-0.4, -0.2) is 17.2 Å². The van der Waals surface area contributed by atoms with Crippen molar-refractivity contribution in [3.05, 3.63) is 29.6 Å². The molecule has 1 unspecified atom stereocenters. The molecule has 1 rings (SSSR count). The molecule has 0 aliphatic carbocycles. The zero-order valence-electron chi connectivity index (χ0n) is 8.22. The third-order valence-corrected chi connectivity index (χ3v) is 2.22. The zero-order valence-corrected chi connectivity index (χ0v) is 9.80. The van der Waals surface area contributed by atoms with Gasteiger partial charge in [-0.2, -0.15) is 8.78 Å². The van der Waals surface area contributed by atoms with Gasteiger partial charge in [0.05, 0.1) is 10.4 Å². The van der Waals surface area contributed by atoms with Crippen molar-refractivity contribution in [1.29, 1.82) is 0 Å². The summed E-state index contributed by atoms with van der Waals surface area (Å²) < 4.78 is 41.3. The lowest BCUT2D eigenvalue weighted by molar-refractivity contribution is -0.0525. The maximum Gasteiger partial charge on any atom is 0.387 e. The van der Waals surface area contributed by atoms with Gasteiger partial charge >= 0.3 is 6.61 Å². The molecule has 0 spiro atoms. The van der Waals surface area contributed by atoms with Gasteiger partial charge in [-0.1, -0.05) is 22.0 Å². The summed E-state index contributed by atoms with van der Waals surface area (Å²) in [7, 11) is 0. The fraction of sp³-hybridized carbons (Fsp3) is 0.300. The molecule has 0 radical (unpaired) electrons. The molecule has 1 aromatic carbocycles. The number of ether oxygens (including phenoxy) is 1. The van der Waals surface area contributed by atoms with Gasteiger partial charge in [0.2, 0.25) is 0 Å². The molecule has 0 saturated carbocycles. The van der Waals surface area contributed by atoms with Gasteiger partial charge in [-0.25, -0.2) is 4.39 Å². The van der Waals surface area contributed by atoms with E-state index >= 15 is 0 Å². The summed E-state index contributed by atoms with van der Waals surface area (Å²) in [6.45, 7) is -1.66. The molecule has 0 heterocycles. The third kappa shape index (κ3) is 2.98. The van der Waals surface area contributed by atoms with E-state index in [0.29, 0.717) is 0 Å². The second kappa shape index (κ2) is 5.34. The Morgan fingerprint density at radius 3 is 2.56 bits per heavy atom. The third-order valence-electron chi connectivity index (χ3n) is 1.80. The minimum atomic E-state index is -3.17. The largest absolute Gasteiger partial charge is 0.431 e. The Morgan fingerprint density at radius 2 is 2.06 bits per heavy atom. The van der Waals surface area contributed by atoms with Crippen molar-refractivity contribution in [2.45, 2.75) is 18.4 Å². The number of carbonyl (C=O) groups excluding carboxylic acids is 1. The van der Waals surface area contributed by atoms with Crippen LogP contribution in [0.5, 0.6) is 5.75 Å². The summed E-state index contributed by atoms with van der Waals surface area (Å²) in [4.78, 5) is 11.0. The molecule has 0 saturated heterocycles. The normalized spacial score (nSPS) is 12.6. The summed E-state index contributed by atoms with van der Waals surface area (Å²) in [5, 5.41) is 0. The molecule has 0 fully saturated rings. The smallest absolute Gasteiger partial charge is 0.387 e. The van der Waals surface area contributed by atoms with Gasteiger partial charge in [0.25, 0.3) is 0 Å². The van der Waals surface area contributed by atoms with Crippen molar-refractivity contribution < 1.29 is 22.7 Å². The van der Waals surface area contributed by atoms with Crippen LogP contribution in [0.3, 0.4) is 0 Å². The summed E-state index contributed by atoms with van der Waals surface area (Å²) >= 11 is 2.99. The van der Waals surface area contributed by atoms with E-state index in [0.717, 1.165) is 6.07 Å². The van der Waals surface area contributed by atoms with Crippen molar-refractivity contribution in [3.63, 3.8) is 0 Å². The van der Waals surface area contributed by atoms with Gasteiger partial charge in [-0.3, -0.25) is 4.79 Å². The van der Waals surface area contributed by atoms with Crippen molar-refractivity contribution in [3.8, 4) is 5.75 Å². The first-order chi connectivity index (χ1) is 7.43. The molecule has 0 N–H and O–H groups in total. The van der Waals surface area contributed by atoms with Gasteiger partial charge in [-0.15, -0.1) is 0 Å². The van der Waals surface area contributed by atoms with Gasteiger partial charge in [0, 0.05) is 0 Å². The van der Waals surface area contributed by atoms with E-state index in [1.807, 2.05) is 0 Å². The molecule has 0 aliphatic heterocycles. The van der Waals surface area contributed by atoms with Crippen LogP contribution in [0.1, 0.15) is 17.3 Å². The van der Waals surface area contributed by atoms with Crippen LogP contribution in [0.15, 0.2) is 18.2 Å². The number of alkyl halides is 3. The zero-order chi connectivity index (χ0) is 12.3. The highest BCUT2D eigenvalue weighted by Gasteiger charge is 2.21. The lowest BCUT2D eigenvalue weighted by Crippen LogP contribution is -2.14. The van der Waals surface area contributed by atoms with Crippen LogP contribution >= 0.6 is 15.9 Å². The van der Waals surface area contributed by atoms with Crippen molar-refractivity contribution in [2.24, 2.45) is 0 Å². The van der Waals surface area contributed by atoms with Gasteiger partial charge in [0.15, 0.2) is 17.3 Å². The number of hydrogen-bond donors (Lipinski definition) is 0. The molecule has 0 amide bonds. The first-order valence-electron chi connectivity index (χ1n) is 4.35. The Labute approximate surface area is 98.5 Å². The minimum Gasteiger partial charge on any atom is -0.431 e. The molecule has 0 aliphatic rings. The fourth-order valence-corrected chi connectivity index (χ4v) is 1.37. The van der Waals surface area contributed by atoms with Crippen molar-refractivity contribution in [1.82, 2.24) is 0 Å². The molecule has 0 bridgehead atoms. The van der Waals surface area contributed by atoms with E-state index in [2.05, 4.69) is 20.7 Å². The highest BCUT2D eigenvalue weighted by atomic mass is 79.9. The predicted octanol–water partition coefficient (Wildman–Crippen LogP) is 3.39. The number of benzene rings is 1. The Morgan fingerprint density at radius 1 is 1.44 bits per heavy atom. The molecule has 2 nitrogen and oxygen atoms in total. The maximum atomic E-state index is 13.2. The molecule has 0 aromatic heterocycles. The molecule has 16 heavy (non-hydrogen) atoms. The SMILES string of the molecule is CC(Br)C(=O)c1cccc(F)c1OC(F)F. The van der Waals surface area contributed by atoms with Crippen LogP contribution in [0.25, 0.3) is 0 Å². The Kier molecular flexibility index (Phi) is 4.35. The number of ketones is 1. The van der Waals surface area contributed by atoms with E-state index in [9.17, 15) is 18.0 Å². The summed E-state index contributed by atoms with van der Waals surface area (Å²) in [6.07, 6.45) is 0. The number of hydrogen-bond acceptors (Lipinski definition) is 2. The molecular weight excluding hydrogens is 289 g/mol. The molecule has 1 aromatic rings. The molecular formula is C10H8BrF3O2. The quantitative estimate of drug-likeness (QED) is 0.629.